The quantitative estimate of drug-likeness (QED) is 0.846. The summed E-state index contributed by atoms with van der Waals surface area (Å²) in [7, 11) is 0. The predicted octanol–water partition coefficient (Wildman–Crippen LogP) is 0.578. The van der Waals surface area contributed by atoms with Gasteiger partial charge in [0.15, 0.2) is 0 Å². The minimum absolute atomic E-state index is 0.0145. The molecule has 0 saturated carbocycles. The minimum atomic E-state index is -0.205. The first-order valence-electron chi connectivity index (χ1n) is 7.12. The third kappa shape index (κ3) is 2.76. The topological polar surface area (TPSA) is 104 Å². The number of nitrogens with zero attached hydrogens (tertiary/aromatic N) is 3. The summed E-state index contributed by atoms with van der Waals surface area (Å²) in [5.41, 5.74) is 0.725. The van der Waals surface area contributed by atoms with Gasteiger partial charge in [0, 0.05) is 24.6 Å². The van der Waals surface area contributed by atoms with Crippen LogP contribution in [-0.2, 0) is 13.0 Å². The zero-order valence-electron chi connectivity index (χ0n) is 11.9. The van der Waals surface area contributed by atoms with Gasteiger partial charge in [0.1, 0.15) is 5.82 Å². The van der Waals surface area contributed by atoms with Crippen molar-refractivity contribution in [3.05, 3.63) is 51.7 Å². The molecule has 0 spiro atoms. The number of carbonyl (C=O) groups excluding carboxylic acids is 1. The molecule has 7 heteroatoms. The number of H-pyrrole nitrogens is 1. The van der Waals surface area contributed by atoms with Crippen molar-refractivity contribution >= 4 is 5.91 Å². The third-order valence-electron chi connectivity index (χ3n) is 3.84. The Morgan fingerprint density at radius 1 is 1.45 bits per heavy atom. The molecule has 1 aliphatic rings. The highest BCUT2D eigenvalue weighted by Crippen LogP contribution is 2.12. The van der Waals surface area contributed by atoms with E-state index < -0.39 is 0 Å². The van der Waals surface area contributed by atoms with Gasteiger partial charge < -0.3 is 5.32 Å². The number of fused-ring (bicyclic) bond motifs is 1. The van der Waals surface area contributed by atoms with Crippen LogP contribution >= 0.6 is 0 Å². The van der Waals surface area contributed by atoms with E-state index in [4.69, 9.17) is 5.26 Å². The van der Waals surface area contributed by atoms with Crippen LogP contribution < -0.4 is 11.0 Å². The van der Waals surface area contributed by atoms with Crippen LogP contribution in [0.3, 0.4) is 0 Å². The molecule has 0 fully saturated rings. The number of aryl methyl sites for hydroxylation is 1. The van der Waals surface area contributed by atoms with Gasteiger partial charge in [-0.2, -0.15) is 10.4 Å². The van der Waals surface area contributed by atoms with Crippen molar-refractivity contribution in [2.24, 2.45) is 0 Å². The molecule has 1 aromatic carbocycles. The van der Waals surface area contributed by atoms with E-state index in [1.165, 1.54) is 0 Å². The Kier molecular flexibility index (Phi) is 3.74. The summed E-state index contributed by atoms with van der Waals surface area (Å²) in [6, 6.07) is 8.61. The Labute approximate surface area is 126 Å². The molecule has 7 nitrogen and oxygen atoms in total. The lowest BCUT2D eigenvalue weighted by Crippen LogP contribution is -2.35. The van der Waals surface area contributed by atoms with E-state index in [0.717, 1.165) is 12.2 Å². The Hall–Kier alpha value is -2.88. The lowest BCUT2D eigenvalue weighted by molar-refractivity contribution is 0.0933. The van der Waals surface area contributed by atoms with Crippen LogP contribution in [0.15, 0.2) is 29.1 Å². The van der Waals surface area contributed by atoms with E-state index in [0.29, 0.717) is 30.5 Å². The fourth-order valence-corrected chi connectivity index (χ4v) is 2.65. The second-order valence-corrected chi connectivity index (χ2v) is 5.29. The fraction of sp³-hybridized carbons (Fsp3) is 0.333. The van der Waals surface area contributed by atoms with Gasteiger partial charge in [-0.1, -0.05) is 6.07 Å². The molecule has 2 N–H and O–H groups in total. The average molecular weight is 297 g/mol. The SMILES string of the molecule is N#Cc1cccc(C(=O)NC2CCc3n[nH]c(=O)n3CC2)c1. The first kappa shape index (κ1) is 14.1. The number of aromatic nitrogens is 3. The van der Waals surface area contributed by atoms with E-state index in [2.05, 4.69) is 15.5 Å². The lowest BCUT2D eigenvalue weighted by Gasteiger charge is -2.16. The number of aromatic amines is 1. The van der Waals surface area contributed by atoms with Crippen LogP contribution in [0.1, 0.15) is 34.6 Å². The number of rotatable bonds is 2. The van der Waals surface area contributed by atoms with Crippen molar-refractivity contribution in [1.82, 2.24) is 20.1 Å². The van der Waals surface area contributed by atoms with E-state index in [1.54, 1.807) is 28.8 Å². The molecule has 0 radical (unpaired) electrons. The molecule has 0 aliphatic carbocycles. The molecule has 0 saturated heterocycles. The summed E-state index contributed by atoms with van der Waals surface area (Å²) in [6.07, 6.45) is 2.05. The van der Waals surface area contributed by atoms with Crippen molar-refractivity contribution in [1.29, 1.82) is 5.26 Å². The highest BCUT2D eigenvalue weighted by Gasteiger charge is 2.20. The molecule has 2 heterocycles. The van der Waals surface area contributed by atoms with Crippen molar-refractivity contribution < 1.29 is 4.79 Å². The molecular formula is C15H15N5O2. The van der Waals surface area contributed by atoms with Crippen molar-refractivity contribution in [2.45, 2.75) is 31.8 Å². The zero-order valence-corrected chi connectivity index (χ0v) is 11.9. The summed E-state index contributed by atoms with van der Waals surface area (Å²) in [5, 5.41) is 18.3. The second-order valence-electron chi connectivity index (χ2n) is 5.29. The van der Waals surface area contributed by atoms with Gasteiger partial charge in [0.05, 0.1) is 11.6 Å². The van der Waals surface area contributed by atoms with Crippen molar-refractivity contribution in [2.75, 3.05) is 0 Å². The van der Waals surface area contributed by atoms with Gasteiger partial charge in [0.25, 0.3) is 5.91 Å². The molecule has 3 rings (SSSR count). The molecular weight excluding hydrogens is 282 g/mol. The molecule has 0 bridgehead atoms. The van der Waals surface area contributed by atoms with Crippen LogP contribution in [0.4, 0.5) is 0 Å². The fourth-order valence-electron chi connectivity index (χ4n) is 2.65. The molecule has 1 aromatic heterocycles. The van der Waals surface area contributed by atoms with Crippen LogP contribution in [0, 0.1) is 11.3 Å². The molecule has 112 valence electrons. The molecule has 1 unspecified atom stereocenters. The largest absolute Gasteiger partial charge is 0.349 e. The van der Waals surface area contributed by atoms with Gasteiger partial charge >= 0.3 is 5.69 Å². The molecule has 1 atom stereocenters. The maximum absolute atomic E-state index is 12.3. The van der Waals surface area contributed by atoms with E-state index in [1.807, 2.05) is 6.07 Å². The second kappa shape index (κ2) is 5.85. The van der Waals surface area contributed by atoms with Crippen LogP contribution in [0.5, 0.6) is 0 Å². The number of hydrogen-bond acceptors (Lipinski definition) is 4. The Morgan fingerprint density at radius 2 is 2.32 bits per heavy atom. The normalized spacial score (nSPS) is 17.1. The predicted molar refractivity (Wildman–Crippen MR) is 78.2 cm³/mol. The average Bonchev–Trinajstić information content (AvgIpc) is 2.77. The highest BCUT2D eigenvalue weighted by atomic mass is 16.2. The van der Waals surface area contributed by atoms with Gasteiger partial charge in [0.2, 0.25) is 0 Å². The zero-order chi connectivity index (χ0) is 15.5. The summed E-state index contributed by atoms with van der Waals surface area (Å²) in [4.78, 5) is 23.8. The Bertz CT molecular complexity index is 799. The minimum Gasteiger partial charge on any atom is -0.349 e. The highest BCUT2D eigenvalue weighted by molar-refractivity contribution is 5.94. The first-order chi connectivity index (χ1) is 10.7. The van der Waals surface area contributed by atoms with E-state index in [-0.39, 0.29) is 17.6 Å². The standard InChI is InChI=1S/C15H15N5O2/c16-9-10-2-1-3-11(8-10)14(21)17-12-4-5-13-18-19-15(22)20(13)7-6-12/h1-3,8,12H,4-7H2,(H,17,21)(H,19,22). The van der Waals surface area contributed by atoms with Gasteiger partial charge in [-0.15, -0.1) is 0 Å². The third-order valence-corrected chi connectivity index (χ3v) is 3.84. The summed E-state index contributed by atoms with van der Waals surface area (Å²) in [6.45, 7) is 0.536. The number of nitrogens with one attached hydrogen (secondary N) is 2. The van der Waals surface area contributed by atoms with Crippen LogP contribution in [0.2, 0.25) is 0 Å². The van der Waals surface area contributed by atoms with Crippen molar-refractivity contribution in [3.8, 4) is 6.07 Å². The molecule has 1 aliphatic heterocycles. The summed E-state index contributed by atoms with van der Waals surface area (Å²) < 4.78 is 1.61. The number of hydrogen-bond donors (Lipinski definition) is 2. The monoisotopic (exact) mass is 297 g/mol. The number of nitriles is 1. The van der Waals surface area contributed by atoms with Crippen molar-refractivity contribution in [3.63, 3.8) is 0 Å². The summed E-state index contributed by atoms with van der Waals surface area (Å²) >= 11 is 0. The van der Waals surface area contributed by atoms with E-state index >= 15 is 0 Å². The molecule has 22 heavy (non-hydrogen) atoms. The smallest absolute Gasteiger partial charge is 0.343 e. The molecule has 2 aromatic rings. The lowest BCUT2D eigenvalue weighted by atomic mass is 10.1. The maximum atomic E-state index is 12.3. The number of carbonyl (C=O) groups is 1. The maximum Gasteiger partial charge on any atom is 0.343 e. The molecule has 1 amide bonds. The van der Waals surface area contributed by atoms with E-state index in [9.17, 15) is 9.59 Å². The first-order valence-corrected chi connectivity index (χ1v) is 7.12. The Morgan fingerprint density at radius 3 is 3.14 bits per heavy atom. The number of amides is 1. The summed E-state index contributed by atoms with van der Waals surface area (Å²) in [5.74, 6) is 0.531. The van der Waals surface area contributed by atoms with Gasteiger partial charge in [-0.25, -0.2) is 9.89 Å². The van der Waals surface area contributed by atoms with Crippen LogP contribution in [-0.4, -0.2) is 26.7 Å². The van der Waals surface area contributed by atoms with Crippen LogP contribution in [0.25, 0.3) is 0 Å². The number of benzene rings is 1. The van der Waals surface area contributed by atoms with Gasteiger partial charge in [-0.05, 0) is 31.0 Å². The van der Waals surface area contributed by atoms with Gasteiger partial charge in [-0.3, -0.25) is 9.36 Å². The Balaban J connectivity index is 1.68.